The van der Waals surface area contributed by atoms with Gasteiger partial charge in [-0.3, -0.25) is 9.59 Å². The van der Waals surface area contributed by atoms with Crippen LogP contribution in [0.3, 0.4) is 0 Å². The summed E-state index contributed by atoms with van der Waals surface area (Å²) >= 11 is 0. The molecule has 0 radical (unpaired) electrons. The minimum Gasteiger partial charge on any atom is -0.390 e. The van der Waals surface area contributed by atoms with Gasteiger partial charge in [0.25, 0.3) is 0 Å². The van der Waals surface area contributed by atoms with Gasteiger partial charge in [0.1, 0.15) is 12.2 Å². The van der Waals surface area contributed by atoms with Crippen LogP contribution < -0.4 is 0 Å². The number of aromatic nitrogens is 3. The molecule has 1 heterocycles. The summed E-state index contributed by atoms with van der Waals surface area (Å²) < 4.78 is 1.54. The summed E-state index contributed by atoms with van der Waals surface area (Å²) in [6, 6.07) is 0. The molecule has 0 spiro atoms. The number of hydrogen-bond donors (Lipinski definition) is 1. The smallest absolute Gasteiger partial charge is 0.181 e. The van der Waals surface area contributed by atoms with E-state index in [2.05, 4.69) is 17.2 Å². The maximum atomic E-state index is 13.3. The quantitative estimate of drug-likeness (QED) is 0.732. The number of aliphatic hydroxyl groups is 1. The molecule has 0 unspecified atom stereocenters. The number of ketones is 2. The molecule has 170 valence electrons. The summed E-state index contributed by atoms with van der Waals surface area (Å²) in [6.07, 6.45) is 11.8. The van der Waals surface area contributed by atoms with Crippen molar-refractivity contribution in [1.29, 1.82) is 0 Å². The zero-order valence-corrected chi connectivity index (χ0v) is 19.2. The molecule has 0 bridgehead atoms. The standard InChI is InChI=1S/C25H37N3O3/c1-15(29)22-13-28(27-26-22)14-23(30)21-7-6-20-19-5-4-16-12-24(2,31)10-8-17(16)18(19)9-11-25(20,21)3/h13,16-21,31H,4-12,14H2,1-3H3/t16-,17+,18-,19-,20+,21-,24-,25+/m1/s1. The first-order valence-electron chi connectivity index (χ1n) is 12.3. The van der Waals surface area contributed by atoms with Crippen LogP contribution in [-0.4, -0.2) is 37.3 Å². The minimum absolute atomic E-state index is 0.0910. The first-order valence-corrected chi connectivity index (χ1v) is 12.3. The Morgan fingerprint density at radius 2 is 1.84 bits per heavy atom. The highest BCUT2D eigenvalue weighted by Gasteiger charge is 2.58. The zero-order valence-electron chi connectivity index (χ0n) is 19.2. The molecule has 4 aliphatic rings. The molecule has 5 rings (SSSR count). The molecule has 6 nitrogen and oxygen atoms in total. The Kier molecular flexibility index (Phi) is 5.15. The van der Waals surface area contributed by atoms with Crippen molar-refractivity contribution in [2.45, 2.75) is 90.7 Å². The van der Waals surface area contributed by atoms with Crippen LogP contribution in [0.25, 0.3) is 0 Å². The Hall–Kier alpha value is -1.56. The lowest BCUT2D eigenvalue weighted by molar-refractivity contribution is -0.133. The van der Waals surface area contributed by atoms with E-state index in [1.165, 1.54) is 39.0 Å². The van der Waals surface area contributed by atoms with Crippen LogP contribution in [0.2, 0.25) is 0 Å². The Labute approximate surface area is 185 Å². The van der Waals surface area contributed by atoms with Gasteiger partial charge in [-0.1, -0.05) is 12.1 Å². The van der Waals surface area contributed by atoms with Crippen molar-refractivity contribution in [3.63, 3.8) is 0 Å². The van der Waals surface area contributed by atoms with Gasteiger partial charge in [0.2, 0.25) is 0 Å². The normalized spacial score (nSPS) is 44.3. The van der Waals surface area contributed by atoms with Crippen molar-refractivity contribution >= 4 is 11.6 Å². The van der Waals surface area contributed by atoms with E-state index < -0.39 is 5.60 Å². The Morgan fingerprint density at radius 1 is 1.06 bits per heavy atom. The van der Waals surface area contributed by atoms with Crippen LogP contribution in [0, 0.1) is 40.9 Å². The summed E-state index contributed by atoms with van der Waals surface area (Å²) in [6.45, 7) is 6.10. The number of fused-ring (bicyclic) bond motifs is 5. The molecule has 1 aromatic rings. The molecular weight excluding hydrogens is 390 g/mol. The van der Waals surface area contributed by atoms with E-state index in [1.54, 1.807) is 10.9 Å². The van der Waals surface area contributed by atoms with Crippen molar-refractivity contribution < 1.29 is 14.7 Å². The highest BCUT2D eigenvalue weighted by molar-refractivity contribution is 5.91. The molecule has 0 aromatic carbocycles. The zero-order chi connectivity index (χ0) is 22.0. The lowest BCUT2D eigenvalue weighted by Crippen LogP contribution is -2.51. The summed E-state index contributed by atoms with van der Waals surface area (Å²) in [7, 11) is 0. The monoisotopic (exact) mass is 427 g/mol. The molecule has 6 heteroatoms. The van der Waals surface area contributed by atoms with Crippen molar-refractivity contribution in [2.24, 2.45) is 40.9 Å². The Morgan fingerprint density at radius 3 is 2.58 bits per heavy atom. The number of nitrogens with zero attached hydrogens (tertiary/aromatic N) is 3. The largest absolute Gasteiger partial charge is 0.390 e. The fraction of sp³-hybridized carbons (Fsp3) is 0.840. The molecule has 0 saturated heterocycles. The fourth-order valence-corrected chi connectivity index (χ4v) is 8.42. The third-order valence-corrected chi connectivity index (χ3v) is 9.84. The first kappa shape index (κ1) is 21.3. The van der Waals surface area contributed by atoms with Crippen molar-refractivity contribution in [3.05, 3.63) is 11.9 Å². The van der Waals surface area contributed by atoms with Gasteiger partial charge in [0, 0.05) is 12.8 Å². The molecule has 0 amide bonds. The lowest BCUT2D eigenvalue weighted by atomic mass is 9.49. The predicted molar refractivity (Wildman–Crippen MR) is 116 cm³/mol. The van der Waals surface area contributed by atoms with Gasteiger partial charge in [0.15, 0.2) is 11.6 Å². The molecule has 4 saturated carbocycles. The van der Waals surface area contributed by atoms with Crippen LogP contribution in [0.5, 0.6) is 0 Å². The van der Waals surface area contributed by atoms with Crippen LogP contribution in [-0.2, 0) is 11.3 Å². The van der Waals surface area contributed by atoms with Crippen molar-refractivity contribution in [1.82, 2.24) is 15.0 Å². The average molecular weight is 428 g/mol. The van der Waals surface area contributed by atoms with E-state index in [0.29, 0.717) is 17.5 Å². The van der Waals surface area contributed by atoms with Crippen LogP contribution in [0.4, 0.5) is 0 Å². The maximum absolute atomic E-state index is 13.3. The second kappa shape index (κ2) is 7.50. The lowest BCUT2D eigenvalue weighted by Gasteiger charge is -2.56. The molecule has 4 aliphatic carbocycles. The maximum Gasteiger partial charge on any atom is 0.181 e. The van der Waals surface area contributed by atoms with E-state index >= 15 is 0 Å². The molecule has 0 aliphatic heterocycles. The van der Waals surface area contributed by atoms with Crippen LogP contribution in [0.1, 0.15) is 89.0 Å². The number of hydrogen-bond acceptors (Lipinski definition) is 5. The fourth-order valence-electron chi connectivity index (χ4n) is 8.42. The van der Waals surface area contributed by atoms with E-state index in [-0.39, 0.29) is 29.4 Å². The van der Waals surface area contributed by atoms with Gasteiger partial charge in [-0.2, -0.15) is 0 Å². The second-order valence-corrected chi connectivity index (χ2v) is 11.7. The minimum atomic E-state index is -0.467. The molecule has 31 heavy (non-hydrogen) atoms. The van der Waals surface area contributed by atoms with Crippen molar-refractivity contribution in [3.8, 4) is 0 Å². The van der Waals surface area contributed by atoms with Crippen molar-refractivity contribution in [2.75, 3.05) is 0 Å². The van der Waals surface area contributed by atoms with Gasteiger partial charge in [-0.25, -0.2) is 4.68 Å². The molecular formula is C25H37N3O3. The van der Waals surface area contributed by atoms with E-state index in [4.69, 9.17) is 0 Å². The predicted octanol–water partition coefficient (Wildman–Crippen LogP) is 4.07. The Bertz CT molecular complexity index is 877. The van der Waals surface area contributed by atoms with Gasteiger partial charge in [-0.05, 0) is 99.7 Å². The highest BCUT2D eigenvalue weighted by Crippen LogP contribution is 2.64. The number of rotatable bonds is 4. The van der Waals surface area contributed by atoms with Gasteiger partial charge >= 0.3 is 0 Å². The number of Topliss-reactive ketones (excluding diaryl/α,β-unsaturated/α-hetero) is 2. The number of carbonyl (C=O) groups excluding carboxylic acids is 2. The van der Waals surface area contributed by atoms with Gasteiger partial charge < -0.3 is 5.11 Å². The Balaban J connectivity index is 1.29. The number of carbonyl (C=O) groups is 2. The first-order chi connectivity index (χ1) is 14.7. The third-order valence-electron chi connectivity index (χ3n) is 9.84. The van der Waals surface area contributed by atoms with E-state index in [0.717, 1.165) is 43.4 Å². The molecule has 1 aromatic heterocycles. The summed E-state index contributed by atoms with van der Waals surface area (Å²) in [5.74, 6) is 3.87. The average Bonchev–Trinajstić information content (AvgIpc) is 3.31. The highest BCUT2D eigenvalue weighted by atomic mass is 16.3. The molecule has 8 atom stereocenters. The third kappa shape index (κ3) is 3.59. The second-order valence-electron chi connectivity index (χ2n) is 11.7. The topological polar surface area (TPSA) is 85.1 Å². The molecule has 4 fully saturated rings. The van der Waals surface area contributed by atoms with Crippen LogP contribution >= 0.6 is 0 Å². The van der Waals surface area contributed by atoms with Gasteiger partial charge in [0.05, 0.1) is 11.8 Å². The summed E-state index contributed by atoms with van der Waals surface area (Å²) in [5, 5.41) is 18.5. The van der Waals surface area contributed by atoms with Gasteiger partial charge in [-0.15, -0.1) is 5.10 Å². The van der Waals surface area contributed by atoms with Crippen LogP contribution in [0.15, 0.2) is 6.20 Å². The van der Waals surface area contributed by atoms with E-state index in [9.17, 15) is 14.7 Å². The van der Waals surface area contributed by atoms with E-state index in [1.807, 2.05) is 6.92 Å². The summed E-state index contributed by atoms with van der Waals surface area (Å²) in [5.41, 5.74) is -0.0481. The summed E-state index contributed by atoms with van der Waals surface area (Å²) in [4.78, 5) is 24.8. The molecule has 1 N–H and O–H groups in total. The SMILES string of the molecule is CC(=O)c1cn(CC(=O)[C@H]2CC[C@H]3[C@@H]4CC[C@@H]5C[C@](C)(O)CC[C@@H]5[C@H]4CC[C@]23C)nn1.